The molecule has 1 amide bonds. The fraction of sp³-hybridized carbons (Fsp3) is 0.800. The van der Waals surface area contributed by atoms with Gasteiger partial charge < -0.3 is 14.8 Å². The van der Waals surface area contributed by atoms with Crippen molar-refractivity contribution < 1.29 is 19.1 Å². The molecule has 0 fully saturated rings. The third-order valence-corrected chi connectivity index (χ3v) is 2.93. The van der Waals surface area contributed by atoms with Crippen LogP contribution in [0, 0.1) is 0 Å². The van der Waals surface area contributed by atoms with Crippen LogP contribution in [0.4, 0.5) is 0 Å². The average molecular weight is 249 g/mol. The van der Waals surface area contributed by atoms with E-state index in [2.05, 4.69) is 10.1 Å². The molecule has 0 saturated heterocycles. The number of hydrogen-bond donors (Lipinski definition) is 1. The molecule has 0 aliphatic heterocycles. The number of ether oxygens (including phenoxy) is 2. The fourth-order valence-electron chi connectivity index (χ4n) is 0.857. The lowest BCUT2D eigenvalue weighted by atomic mass is 10.4. The number of hydrogen-bond acceptors (Lipinski definition) is 5. The summed E-state index contributed by atoms with van der Waals surface area (Å²) in [7, 11) is 2.87. The minimum atomic E-state index is -0.417. The maximum absolute atomic E-state index is 11.2. The lowest BCUT2D eigenvalue weighted by Gasteiger charge is -2.09. The second-order valence-electron chi connectivity index (χ2n) is 3.11. The van der Waals surface area contributed by atoms with Gasteiger partial charge in [0.2, 0.25) is 5.91 Å². The van der Waals surface area contributed by atoms with Crippen LogP contribution in [-0.2, 0) is 19.1 Å². The number of thioether (sulfide) groups is 1. The first-order chi connectivity index (χ1) is 7.61. The van der Waals surface area contributed by atoms with E-state index >= 15 is 0 Å². The number of esters is 1. The number of nitrogens with one attached hydrogen (secondary N) is 1. The van der Waals surface area contributed by atoms with Crippen LogP contribution in [-0.4, -0.2) is 50.3 Å². The lowest BCUT2D eigenvalue weighted by molar-refractivity contribution is -0.140. The van der Waals surface area contributed by atoms with Crippen molar-refractivity contribution in [3.63, 3.8) is 0 Å². The molecule has 16 heavy (non-hydrogen) atoms. The molecule has 1 unspecified atom stereocenters. The van der Waals surface area contributed by atoms with E-state index in [1.54, 1.807) is 18.7 Å². The van der Waals surface area contributed by atoms with Crippen molar-refractivity contribution in [1.82, 2.24) is 5.32 Å². The molecule has 0 spiro atoms. The predicted octanol–water partition coefficient (Wildman–Crippen LogP) is 0.434. The molecule has 6 heteroatoms. The molecule has 0 rings (SSSR count). The van der Waals surface area contributed by atoms with E-state index in [1.807, 2.05) is 0 Å². The highest BCUT2D eigenvalue weighted by molar-refractivity contribution is 7.99. The molecule has 94 valence electrons. The first kappa shape index (κ1) is 15.2. The SMILES string of the molecule is COC(=O)CCSCCNC(=O)C(C)OC. The molecule has 1 N–H and O–H groups in total. The Labute approximate surface area is 100 Å². The second kappa shape index (κ2) is 9.47. The monoisotopic (exact) mass is 249 g/mol. The summed E-state index contributed by atoms with van der Waals surface area (Å²) >= 11 is 1.60. The highest BCUT2D eigenvalue weighted by Crippen LogP contribution is 2.01. The quantitative estimate of drug-likeness (QED) is 0.499. The van der Waals surface area contributed by atoms with Crippen LogP contribution in [0.5, 0.6) is 0 Å². The van der Waals surface area contributed by atoms with Crippen molar-refractivity contribution in [2.45, 2.75) is 19.4 Å². The van der Waals surface area contributed by atoms with Gasteiger partial charge in [-0.2, -0.15) is 11.8 Å². The first-order valence-electron chi connectivity index (χ1n) is 5.07. The normalized spacial score (nSPS) is 11.9. The van der Waals surface area contributed by atoms with E-state index in [4.69, 9.17) is 4.74 Å². The topological polar surface area (TPSA) is 64.6 Å². The zero-order chi connectivity index (χ0) is 12.4. The third kappa shape index (κ3) is 7.53. The Balaban J connectivity index is 3.33. The van der Waals surface area contributed by atoms with Crippen LogP contribution in [0.2, 0.25) is 0 Å². The Kier molecular flexibility index (Phi) is 9.03. The molecule has 0 aliphatic rings. The van der Waals surface area contributed by atoms with Crippen molar-refractivity contribution in [3.8, 4) is 0 Å². The molecule has 0 radical (unpaired) electrons. The number of carbonyl (C=O) groups excluding carboxylic acids is 2. The fourth-order valence-corrected chi connectivity index (χ4v) is 1.62. The summed E-state index contributed by atoms with van der Waals surface area (Å²) in [5.74, 6) is 1.17. The van der Waals surface area contributed by atoms with E-state index < -0.39 is 6.10 Å². The third-order valence-electron chi connectivity index (χ3n) is 1.95. The summed E-state index contributed by atoms with van der Waals surface area (Å²) < 4.78 is 9.36. The van der Waals surface area contributed by atoms with Gasteiger partial charge in [-0.05, 0) is 6.92 Å². The van der Waals surface area contributed by atoms with Crippen molar-refractivity contribution >= 4 is 23.6 Å². The van der Waals surface area contributed by atoms with Gasteiger partial charge in [-0.1, -0.05) is 0 Å². The minimum absolute atomic E-state index is 0.115. The molecule has 0 aromatic carbocycles. The summed E-state index contributed by atoms with van der Waals surface area (Å²) in [5.41, 5.74) is 0. The average Bonchev–Trinajstić information content (AvgIpc) is 2.31. The van der Waals surface area contributed by atoms with Gasteiger partial charge in [0.15, 0.2) is 0 Å². The predicted molar refractivity (Wildman–Crippen MR) is 63.4 cm³/mol. The largest absolute Gasteiger partial charge is 0.469 e. The van der Waals surface area contributed by atoms with Crippen LogP contribution in [0.3, 0.4) is 0 Å². The van der Waals surface area contributed by atoms with Crippen molar-refractivity contribution in [2.75, 3.05) is 32.3 Å². The Hall–Kier alpha value is -0.750. The van der Waals surface area contributed by atoms with Crippen LogP contribution in [0.15, 0.2) is 0 Å². The number of rotatable bonds is 8. The zero-order valence-electron chi connectivity index (χ0n) is 9.95. The van der Waals surface area contributed by atoms with Gasteiger partial charge in [-0.3, -0.25) is 9.59 Å². The van der Waals surface area contributed by atoms with Crippen molar-refractivity contribution in [3.05, 3.63) is 0 Å². The molecular formula is C10H19NO4S. The minimum Gasteiger partial charge on any atom is -0.469 e. The number of methoxy groups -OCH3 is 2. The summed E-state index contributed by atoms with van der Waals surface area (Å²) in [6.07, 6.45) is -0.0103. The van der Waals surface area contributed by atoms with Gasteiger partial charge in [0, 0.05) is 25.2 Å². The van der Waals surface area contributed by atoms with Gasteiger partial charge in [0.1, 0.15) is 6.10 Å². The highest BCUT2D eigenvalue weighted by atomic mass is 32.2. The molecule has 5 nitrogen and oxygen atoms in total. The van der Waals surface area contributed by atoms with Crippen LogP contribution in [0.1, 0.15) is 13.3 Å². The van der Waals surface area contributed by atoms with Crippen LogP contribution in [0.25, 0.3) is 0 Å². The molecule has 0 heterocycles. The standard InChI is InChI=1S/C10H19NO4S/c1-8(14-2)10(13)11-5-7-16-6-4-9(12)15-3/h8H,4-7H2,1-3H3,(H,11,13). The summed E-state index contributed by atoms with van der Waals surface area (Å²) in [4.78, 5) is 22.0. The highest BCUT2D eigenvalue weighted by Gasteiger charge is 2.09. The zero-order valence-corrected chi connectivity index (χ0v) is 10.8. The van der Waals surface area contributed by atoms with Gasteiger partial charge in [0.05, 0.1) is 13.5 Å². The van der Waals surface area contributed by atoms with E-state index in [0.29, 0.717) is 18.7 Å². The number of amides is 1. The molecular weight excluding hydrogens is 230 g/mol. The van der Waals surface area contributed by atoms with E-state index in [-0.39, 0.29) is 11.9 Å². The molecule has 1 atom stereocenters. The molecule has 0 aliphatic carbocycles. The molecule has 0 saturated carbocycles. The van der Waals surface area contributed by atoms with Crippen LogP contribution < -0.4 is 5.32 Å². The smallest absolute Gasteiger partial charge is 0.306 e. The maximum Gasteiger partial charge on any atom is 0.306 e. The molecule has 0 aromatic rings. The number of carbonyl (C=O) groups is 2. The van der Waals surface area contributed by atoms with Crippen LogP contribution >= 0.6 is 11.8 Å². The Morgan fingerprint density at radius 2 is 2.00 bits per heavy atom. The van der Waals surface area contributed by atoms with Gasteiger partial charge in [-0.25, -0.2) is 0 Å². The summed E-state index contributed by atoms with van der Waals surface area (Å²) in [6, 6.07) is 0. The molecule has 0 aromatic heterocycles. The van der Waals surface area contributed by atoms with Gasteiger partial charge in [-0.15, -0.1) is 0 Å². The Morgan fingerprint density at radius 1 is 1.31 bits per heavy atom. The van der Waals surface area contributed by atoms with E-state index in [9.17, 15) is 9.59 Å². The van der Waals surface area contributed by atoms with Crippen molar-refractivity contribution in [2.24, 2.45) is 0 Å². The Morgan fingerprint density at radius 3 is 2.56 bits per heavy atom. The lowest BCUT2D eigenvalue weighted by Crippen LogP contribution is -2.35. The second-order valence-corrected chi connectivity index (χ2v) is 4.33. The molecule has 0 bridgehead atoms. The summed E-state index contributed by atoms with van der Waals surface area (Å²) in [5, 5.41) is 2.73. The van der Waals surface area contributed by atoms with Gasteiger partial charge >= 0.3 is 5.97 Å². The van der Waals surface area contributed by atoms with E-state index in [1.165, 1.54) is 14.2 Å². The van der Waals surface area contributed by atoms with E-state index in [0.717, 1.165) is 5.75 Å². The first-order valence-corrected chi connectivity index (χ1v) is 6.22. The maximum atomic E-state index is 11.2. The van der Waals surface area contributed by atoms with Crippen molar-refractivity contribution in [1.29, 1.82) is 0 Å². The Bertz CT molecular complexity index is 223. The van der Waals surface area contributed by atoms with Gasteiger partial charge in [0.25, 0.3) is 0 Å². The summed E-state index contributed by atoms with van der Waals surface area (Å²) in [6.45, 7) is 2.28.